The zero-order valence-electron chi connectivity index (χ0n) is 10.1. The molecule has 1 aliphatic rings. The summed E-state index contributed by atoms with van der Waals surface area (Å²) in [7, 11) is 3.30. The number of alkyl halides is 1. The molecule has 0 saturated carbocycles. The minimum atomic E-state index is -0.0281. The van der Waals surface area contributed by atoms with Crippen molar-refractivity contribution >= 4 is 17.3 Å². The number of rotatable bonds is 3. The van der Waals surface area contributed by atoms with Crippen LogP contribution in [0.1, 0.15) is 0 Å². The van der Waals surface area contributed by atoms with Crippen LogP contribution in [0.3, 0.4) is 0 Å². The molecule has 1 aromatic rings. The van der Waals surface area contributed by atoms with Crippen LogP contribution in [0.25, 0.3) is 0 Å². The van der Waals surface area contributed by atoms with Gasteiger partial charge < -0.3 is 14.4 Å². The van der Waals surface area contributed by atoms with Crippen LogP contribution in [-0.4, -0.2) is 39.4 Å². The molecule has 1 fully saturated rings. The van der Waals surface area contributed by atoms with Gasteiger partial charge >= 0.3 is 0 Å². The molecule has 0 amide bonds. The number of anilines is 1. The van der Waals surface area contributed by atoms with E-state index in [2.05, 4.69) is 10.2 Å². The number of nitrogens with one attached hydrogen (secondary N) is 1. The highest BCUT2D eigenvalue weighted by atomic mass is 35.5. The molecule has 1 atom stereocenters. The molecule has 1 heterocycles. The van der Waals surface area contributed by atoms with Gasteiger partial charge in [0.15, 0.2) is 11.5 Å². The number of hydrogen-bond donors (Lipinski definition) is 1. The Morgan fingerprint density at radius 1 is 1.35 bits per heavy atom. The fraction of sp³-hybridized carbons (Fsp3) is 0.500. The molecule has 1 unspecified atom stereocenters. The molecule has 1 aromatic carbocycles. The summed E-state index contributed by atoms with van der Waals surface area (Å²) in [5.74, 6) is 1.51. The second-order valence-electron chi connectivity index (χ2n) is 3.88. The highest BCUT2D eigenvalue weighted by Crippen LogP contribution is 2.37. The zero-order valence-corrected chi connectivity index (χ0v) is 10.8. The van der Waals surface area contributed by atoms with E-state index in [9.17, 15) is 0 Å². The first-order chi connectivity index (χ1) is 8.26. The van der Waals surface area contributed by atoms with Crippen LogP contribution < -0.4 is 19.7 Å². The Kier molecular flexibility index (Phi) is 3.97. The van der Waals surface area contributed by atoms with E-state index in [-0.39, 0.29) is 5.50 Å². The van der Waals surface area contributed by atoms with Gasteiger partial charge in [0.1, 0.15) is 5.50 Å². The summed E-state index contributed by atoms with van der Waals surface area (Å²) in [6.07, 6.45) is 0. The SMILES string of the molecule is COc1cccc(N2CCNC(Cl)C2)c1OC. The Bertz CT molecular complexity index is 387. The maximum absolute atomic E-state index is 6.11. The average Bonchev–Trinajstić information content (AvgIpc) is 2.37. The first kappa shape index (κ1) is 12.3. The number of ether oxygens (including phenoxy) is 2. The minimum absolute atomic E-state index is 0.0281. The standard InChI is InChI=1S/C12H17ClN2O2/c1-16-10-5-3-4-9(12(10)17-2)15-7-6-14-11(13)8-15/h3-5,11,14H,6-8H2,1-2H3. The van der Waals surface area contributed by atoms with E-state index in [1.165, 1.54) is 0 Å². The quantitative estimate of drug-likeness (QED) is 0.659. The number of methoxy groups -OCH3 is 2. The van der Waals surface area contributed by atoms with Gasteiger partial charge in [-0.25, -0.2) is 0 Å². The van der Waals surface area contributed by atoms with Crippen molar-refractivity contribution in [2.24, 2.45) is 0 Å². The molecular weight excluding hydrogens is 240 g/mol. The summed E-state index contributed by atoms with van der Waals surface area (Å²) >= 11 is 6.11. The van der Waals surface area contributed by atoms with Crippen LogP contribution in [-0.2, 0) is 0 Å². The maximum Gasteiger partial charge on any atom is 0.184 e. The predicted molar refractivity (Wildman–Crippen MR) is 69.4 cm³/mol. The fourth-order valence-electron chi connectivity index (χ4n) is 2.04. The second kappa shape index (κ2) is 5.47. The Balaban J connectivity index is 2.30. The third-order valence-corrected chi connectivity index (χ3v) is 3.14. The van der Waals surface area contributed by atoms with Crippen molar-refractivity contribution in [2.45, 2.75) is 5.50 Å². The molecule has 0 aliphatic carbocycles. The van der Waals surface area contributed by atoms with Crippen LogP contribution in [0.15, 0.2) is 18.2 Å². The summed E-state index contributed by atoms with van der Waals surface area (Å²) in [5.41, 5.74) is 0.999. The number of piperazine rings is 1. The summed E-state index contributed by atoms with van der Waals surface area (Å²) in [6, 6.07) is 5.88. The van der Waals surface area contributed by atoms with Gasteiger partial charge in [0.2, 0.25) is 0 Å². The Labute approximate surface area is 106 Å². The molecule has 5 heteroatoms. The third-order valence-electron chi connectivity index (χ3n) is 2.85. The molecule has 17 heavy (non-hydrogen) atoms. The van der Waals surface area contributed by atoms with E-state index >= 15 is 0 Å². The highest BCUT2D eigenvalue weighted by molar-refractivity contribution is 6.20. The number of para-hydroxylation sites is 1. The van der Waals surface area contributed by atoms with Crippen molar-refractivity contribution in [1.82, 2.24) is 5.32 Å². The maximum atomic E-state index is 6.11. The van der Waals surface area contributed by atoms with E-state index in [4.69, 9.17) is 21.1 Å². The van der Waals surface area contributed by atoms with E-state index in [1.54, 1.807) is 14.2 Å². The van der Waals surface area contributed by atoms with Gasteiger partial charge in [-0.3, -0.25) is 5.32 Å². The van der Waals surface area contributed by atoms with Gasteiger partial charge in [0.25, 0.3) is 0 Å². The van der Waals surface area contributed by atoms with Gasteiger partial charge in [0.05, 0.1) is 19.9 Å². The van der Waals surface area contributed by atoms with Crippen molar-refractivity contribution in [3.05, 3.63) is 18.2 Å². The molecule has 0 bridgehead atoms. The summed E-state index contributed by atoms with van der Waals surface area (Å²) in [5, 5.41) is 3.20. The second-order valence-corrected chi connectivity index (χ2v) is 4.41. The summed E-state index contributed by atoms with van der Waals surface area (Å²) in [4.78, 5) is 2.20. The van der Waals surface area contributed by atoms with E-state index in [0.29, 0.717) is 0 Å². The highest BCUT2D eigenvalue weighted by Gasteiger charge is 2.21. The predicted octanol–water partition coefficient (Wildman–Crippen LogP) is 1.68. The van der Waals surface area contributed by atoms with Gasteiger partial charge in [-0.05, 0) is 12.1 Å². The van der Waals surface area contributed by atoms with Crippen LogP contribution in [0, 0.1) is 0 Å². The summed E-state index contributed by atoms with van der Waals surface area (Å²) < 4.78 is 10.7. The normalized spacial score (nSPS) is 20.2. The number of hydrogen-bond acceptors (Lipinski definition) is 4. The van der Waals surface area contributed by atoms with Crippen molar-refractivity contribution in [3.63, 3.8) is 0 Å². The molecule has 0 radical (unpaired) electrons. The van der Waals surface area contributed by atoms with Crippen LogP contribution >= 0.6 is 11.6 Å². The van der Waals surface area contributed by atoms with Gasteiger partial charge in [0, 0.05) is 19.6 Å². The smallest absolute Gasteiger partial charge is 0.184 e. The van der Waals surface area contributed by atoms with Crippen molar-refractivity contribution in [2.75, 3.05) is 38.8 Å². The number of nitrogens with zero attached hydrogens (tertiary/aromatic N) is 1. The largest absolute Gasteiger partial charge is 0.493 e. The van der Waals surface area contributed by atoms with Crippen LogP contribution in [0.5, 0.6) is 11.5 Å². The Hall–Kier alpha value is -1.13. The van der Waals surface area contributed by atoms with E-state index in [0.717, 1.165) is 36.8 Å². The molecule has 4 nitrogen and oxygen atoms in total. The Morgan fingerprint density at radius 2 is 2.18 bits per heavy atom. The third kappa shape index (κ3) is 2.58. The van der Waals surface area contributed by atoms with Crippen molar-refractivity contribution in [1.29, 1.82) is 0 Å². The zero-order chi connectivity index (χ0) is 12.3. The lowest BCUT2D eigenvalue weighted by Gasteiger charge is -2.33. The first-order valence-electron chi connectivity index (χ1n) is 5.59. The van der Waals surface area contributed by atoms with Gasteiger partial charge in [-0.1, -0.05) is 6.07 Å². The fourth-order valence-corrected chi connectivity index (χ4v) is 2.32. The molecule has 1 N–H and O–H groups in total. The number of halogens is 1. The molecule has 1 saturated heterocycles. The van der Waals surface area contributed by atoms with Gasteiger partial charge in [-0.15, -0.1) is 11.6 Å². The topological polar surface area (TPSA) is 33.7 Å². The molecule has 0 aromatic heterocycles. The average molecular weight is 257 g/mol. The lowest BCUT2D eigenvalue weighted by atomic mass is 10.2. The molecule has 2 rings (SSSR count). The van der Waals surface area contributed by atoms with Crippen LogP contribution in [0.2, 0.25) is 0 Å². The lowest BCUT2D eigenvalue weighted by Crippen LogP contribution is -2.48. The summed E-state index contributed by atoms with van der Waals surface area (Å²) in [6.45, 7) is 2.53. The minimum Gasteiger partial charge on any atom is -0.493 e. The van der Waals surface area contributed by atoms with Crippen molar-refractivity contribution in [3.8, 4) is 11.5 Å². The number of benzene rings is 1. The first-order valence-corrected chi connectivity index (χ1v) is 6.03. The molecule has 94 valence electrons. The van der Waals surface area contributed by atoms with Crippen LogP contribution in [0.4, 0.5) is 5.69 Å². The lowest BCUT2D eigenvalue weighted by molar-refractivity contribution is 0.354. The molecular formula is C12H17ClN2O2. The van der Waals surface area contributed by atoms with E-state index in [1.807, 2.05) is 18.2 Å². The molecule has 1 aliphatic heterocycles. The monoisotopic (exact) mass is 256 g/mol. The Morgan fingerprint density at radius 3 is 2.82 bits per heavy atom. The molecule has 0 spiro atoms. The van der Waals surface area contributed by atoms with Gasteiger partial charge in [-0.2, -0.15) is 0 Å². The van der Waals surface area contributed by atoms with Crippen molar-refractivity contribution < 1.29 is 9.47 Å². The van der Waals surface area contributed by atoms with E-state index < -0.39 is 0 Å².